The summed E-state index contributed by atoms with van der Waals surface area (Å²) in [6.07, 6.45) is 0. The molecule has 0 saturated carbocycles. The second kappa shape index (κ2) is 9.87. The average molecular weight is 606 g/mol. The lowest BCUT2D eigenvalue weighted by Gasteiger charge is -2.45. The third-order valence-electron chi connectivity index (χ3n) is 9.57. The molecule has 3 heterocycles. The first-order valence-electron chi connectivity index (χ1n) is 15.8. The van der Waals surface area contributed by atoms with Gasteiger partial charge in [-0.1, -0.05) is 109 Å². The van der Waals surface area contributed by atoms with Crippen LogP contribution >= 0.6 is 0 Å². The van der Waals surface area contributed by atoms with Crippen LogP contribution < -0.4 is 14.4 Å². The largest absolute Gasteiger partial charge is 0.457 e. The second-order valence-corrected chi connectivity index (χ2v) is 12.0. The molecule has 0 fully saturated rings. The first kappa shape index (κ1) is 26.0. The molecule has 0 aliphatic carbocycles. The van der Waals surface area contributed by atoms with Crippen LogP contribution in [0.5, 0.6) is 23.0 Å². The van der Waals surface area contributed by atoms with Gasteiger partial charge >= 0.3 is 0 Å². The smallest absolute Gasteiger partial charge is 0.159 e. The number of hydrogen-bond donors (Lipinski definition) is 0. The summed E-state index contributed by atoms with van der Waals surface area (Å²) in [7, 11) is 0. The van der Waals surface area contributed by atoms with Gasteiger partial charge in [0.05, 0.1) is 16.7 Å². The van der Waals surface area contributed by atoms with Crippen molar-refractivity contribution in [3.63, 3.8) is 0 Å². The quantitative estimate of drug-likeness (QED) is 0.200. The molecular formula is C43H27NO3. The number of furan rings is 1. The predicted molar refractivity (Wildman–Crippen MR) is 187 cm³/mol. The van der Waals surface area contributed by atoms with Gasteiger partial charge in [-0.05, 0) is 54.1 Å². The van der Waals surface area contributed by atoms with E-state index in [9.17, 15) is 0 Å². The number of nitrogens with zero attached hydrogens (tertiary/aromatic N) is 1. The van der Waals surface area contributed by atoms with E-state index in [0.717, 1.165) is 84.3 Å². The second-order valence-electron chi connectivity index (χ2n) is 12.0. The Morgan fingerprint density at radius 2 is 1.09 bits per heavy atom. The van der Waals surface area contributed by atoms with E-state index in [-0.39, 0.29) is 0 Å². The Kier molecular flexibility index (Phi) is 5.46. The summed E-state index contributed by atoms with van der Waals surface area (Å²) in [6.45, 7) is 0. The third kappa shape index (κ3) is 3.64. The molecule has 10 rings (SSSR count). The van der Waals surface area contributed by atoms with E-state index in [1.807, 2.05) is 42.5 Å². The van der Waals surface area contributed by atoms with Crippen molar-refractivity contribution >= 4 is 39.0 Å². The normalized spacial score (nSPS) is 15.7. The molecule has 1 atom stereocenters. The number of fused-ring (bicyclic) bond motifs is 7. The molecule has 47 heavy (non-hydrogen) atoms. The number of ether oxygens (including phenoxy) is 2. The minimum atomic E-state index is -0.634. The maximum Gasteiger partial charge on any atom is 0.159 e. The van der Waals surface area contributed by atoms with E-state index in [1.165, 1.54) is 0 Å². The van der Waals surface area contributed by atoms with Gasteiger partial charge in [-0.15, -0.1) is 0 Å². The lowest BCUT2D eigenvalue weighted by Crippen LogP contribution is -2.37. The number of hydrogen-bond acceptors (Lipinski definition) is 4. The van der Waals surface area contributed by atoms with E-state index in [1.54, 1.807) is 0 Å². The van der Waals surface area contributed by atoms with Crippen LogP contribution in [0.25, 0.3) is 21.9 Å². The predicted octanol–water partition coefficient (Wildman–Crippen LogP) is 11.6. The maximum atomic E-state index is 6.85. The van der Waals surface area contributed by atoms with Gasteiger partial charge in [-0.25, -0.2) is 0 Å². The minimum absolute atomic E-state index is 0.634. The molecule has 0 bridgehead atoms. The van der Waals surface area contributed by atoms with E-state index in [4.69, 9.17) is 13.9 Å². The van der Waals surface area contributed by atoms with Crippen molar-refractivity contribution in [2.24, 2.45) is 0 Å². The molecule has 8 aromatic rings. The monoisotopic (exact) mass is 605 g/mol. The zero-order chi connectivity index (χ0) is 31.0. The molecule has 1 aromatic heterocycles. The molecule has 0 saturated heterocycles. The Labute approximate surface area is 271 Å². The number of rotatable bonds is 4. The summed E-state index contributed by atoms with van der Waals surface area (Å²) < 4.78 is 19.9. The van der Waals surface area contributed by atoms with Crippen LogP contribution in [0.1, 0.15) is 22.3 Å². The van der Waals surface area contributed by atoms with Crippen LogP contribution in [0.2, 0.25) is 0 Å². The Hall–Kier alpha value is -6.26. The molecule has 4 heteroatoms. The third-order valence-corrected chi connectivity index (χ3v) is 9.57. The Bertz CT molecular complexity index is 2480. The van der Waals surface area contributed by atoms with Gasteiger partial charge in [0, 0.05) is 39.3 Å². The van der Waals surface area contributed by atoms with Crippen molar-refractivity contribution in [1.29, 1.82) is 0 Å². The molecule has 2 aliphatic heterocycles. The molecule has 0 amide bonds. The first-order valence-corrected chi connectivity index (χ1v) is 15.8. The van der Waals surface area contributed by atoms with E-state index >= 15 is 0 Å². The van der Waals surface area contributed by atoms with Gasteiger partial charge in [0.15, 0.2) is 5.58 Å². The molecule has 222 valence electrons. The fourth-order valence-electron chi connectivity index (χ4n) is 7.67. The Morgan fingerprint density at radius 3 is 1.94 bits per heavy atom. The topological polar surface area (TPSA) is 34.8 Å². The Balaban J connectivity index is 1.25. The van der Waals surface area contributed by atoms with Crippen LogP contribution in [-0.4, -0.2) is 0 Å². The fourth-order valence-corrected chi connectivity index (χ4v) is 7.67. The number of anilines is 3. The zero-order valence-electron chi connectivity index (χ0n) is 25.3. The maximum absolute atomic E-state index is 6.85. The SMILES string of the molecule is c1ccc(N(c2ccc3c(c2)Oc2cccc4c2C3(c2ccccc2)c2ccccc2O4)c2cccc3c2oc2ccccc23)cc1. The van der Waals surface area contributed by atoms with E-state index < -0.39 is 5.41 Å². The standard InChI is InChI=1S/C43H27NO3/c1-3-13-28(14-4-1)43-33-19-8-10-22-37(33)45-38-23-12-24-39(41(38)43)46-40-27-30(25-26-34(40)43)44(29-15-5-2-6-16-29)35-20-11-18-32-31-17-7-9-21-36(31)47-42(32)35/h1-27H. The summed E-state index contributed by atoms with van der Waals surface area (Å²) in [4.78, 5) is 2.26. The summed E-state index contributed by atoms with van der Waals surface area (Å²) in [5.74, 6) is 3.24. The summed E-state index contributed by atoms with van der Waals surface area (Å²) >= 11 is 0. The minimum Gasteiger partial charge on any atom is -0.457 e. The summed E-state index contributed by atoms with van der Waals surface area (Å²) in [5.41, 5.74) is 8.36. The lowest BCUT2D eigenvalue weighted by molar-refractivity contribution is 0.385. The van der Waals surface area contributed by atoms with E-state index in [0.29, 0.717) is 0 Å². The van der Waals surface area contributed by atoms with Crippen LogP contribution in [0.4, 0.5) is 17.1 Å². The van der Waals surface area contributed by atoms with Crippen LogP contribution in [0.15, 0.2) is 168 Å². The highest BCUT2D eigenvalue weighted by atomic mass is 16.5. The Morgan fingerprint density at radius 1 is 0.447 bits per heavy atom. The van der Waals surface area contributed by atoms with Crippen molar-refractivity contribution in [3.05, 3.63) is 186 Å². The van der Waals surface area contributed by atoms with Crippen molar-refractivity contribution in [2.75, 3.05) is 4.90 Å². The van der Waals surface area contributed by atoms with Gasteiger partial charge in [-0.2, -0.15) is 0 Å². The van der Waals surface area contributed by atoms with Gasteiger partial charge in [0.2, 0.25) is 0 Å². The average Bonchev–Trinajstić information content (AvgIpc) is 3.52. The highest BCUT2D eigenvalue weighted by Crippen LogP contribution is 2.63. The van der Waals surface area contributed by atoms with Crippen molar-refractivity contribution in [2.45, 2.75) is 5.41 Å². The summed E-state index contributed by atoms with van der Waals surface area (Å²) in [5, 5.41) is 2.18. The van der Waals surface area contributed by atoms with Crippen LogP contribution in [-0.2, 0) is 5.41 Å². The van der Waals surface area contributed by atoms with Gasteiger partial charge in [0.1, 0.15) is 28.6 Å². The van der Waals surface area contributed by atoms with Crippen molar-refractivity contribution < 1.29 is 13.9 Å². The molecule has 2 aliphatic rings. The lowest BCUT2D eigenvalue weighted by atomic mass is 9.62. The van der Waals surface area contributed by atoms with Crippen LogP contribution in [0, 0.1) is 0 Å². The van der Waals surface area contributed by atoms with Crippen LogP contribution in [0.3, 0.4) is 0 Å². The molecule has 0 radical (unpaired) electrons. The molecule has 4 nitrogen and oxygen atoms in total. The van der Waals surface area contributed by atoms with Crippen molar-refractivity contribution in [1.82, 2.24) is 0 Å². The highest BCUT2D eigenvalue weighted by Gasteiger charge is 2.51. The van der Waals surface area contributed by atoms with Gasteiger partial charge < -0.3 is 18.8 Å². The number of benzene rings is 7. The molecule has 1 unspecified atom stereocenters. The molecular weight excluding hydrogens is 578 g/mol. The summed E-state index contributed by atoms with van der Waals surface area (Å²) in [6, 6.07) is 56.8. The molecule has 0 N–H and O–H groups in total. The molecule has 0 spiro atoms. The molecule has 7 aromatic carbocycles. The highest BCUT2D eigenvalue weighted by molar-refractivity contribution is 6.10. The van der Waals surface area contributed by atoms with Crippen molar-refractivity contribution in [3.8, 4) is 23.0 Å². The zero-order valence-corrected chi connectivity index (χ0v) is 25.3. The van der Waals surface area contributed by atoms with E-state index in [2.05, 4.69) is 126 Å². The fraction of sp³-hybridized carbons (Fsp3) is 0.0233. The van der Waals surface area contributed by atoms with Gasteiger partial charge in [0.25, 0.3) is 0 Å². The number of para-hydroxylation sites is 4. The first-order chi connectivity index (χ1) is 23.3. The van der Waals surface area contributed by atoms with Gasteiger partial charge in [-0.3, -0.25) is 0 Å².